The van der Waals surface area contributed by atoms with Crippen LogP contribution in [0.3, 0.4) is 0 Å². The van der Waals surface area contributed by atoms with Crippen molar-refractivity contribution in [1.29, 1.82) is 5.26 Å². The molecule has 0 amide bonds. The van der Waals surface area contributed by atoms with Crippen LogP contribution in [0, 0.1) is 11.3 Å². The van der Waals surface area contributed by atoms with E-state index >= 15 is 0 Å². The maximum absolute atomic E-state index is 9.29. The van der Waals surface area contributed by atoms with Crippen molar-refractivity contribution in [3.63, 3.8) is 0 Å². The molecule has 1 aliphatic heterocycles. The van der Waals surface area contributed by atoms with Crippen molar-refractivity contribution in [1.82, 2.24) is 19.9 Å². The van der Waals surface area contributed by atoms with Crippen molar-refractivity contribution in [3.8, 4) is 17.5 Å². The van der Waals surface area contributed by atoms with Crippen LogP contribution in [0.2, 0.25) is 0 Å². The van der Waals surface area contributed by atoms with Gasteiger partial charge in [-0.3, -0.25) is 0 Å². The van der Waals surface area contributed by atoms with E-state index in [9.17, 15) is 5.26 Å². The van der Waals surface area contributed by atoms with Crippen LogP contribution in [-0.2, 0) is 0 Å². The number of aromatic nitrogens is 3. The quantitative estimate of drug-likeness (QED) is 0.914. The fraction of sp³-hybridized carbons (Fsp3) is 0.444. The van der Waals surface area contributed by atoms with Crippen molar-refractivity contribution in [2.45, 2.75) is 19.4 Å². The van der Waals surface area contributed by atoms with Crippen molar-refractivity contribution >= 4 is 11.9 Å². The lowest BCUT2D eigenvalue weighted by atomic mass is 10.1. The number of anilines is 2. The first-order valence-corrected chi connectivity index (χ1v) is 8.41. The third-order valence-corrected chi connectivity index (χ3v) is 4.15. The molecular formula is C18H23N7. The van der Waals surface area contributed by atoms with E-state index in [1.54, 1.807) is 13.8 Å². The van der Waals surface area contributed by atoms with Crippen LogP contribution in [-0.4, -0.2) is 58.6 Å². The Morgan fingerprint density at radius 3 is 2.36 bits per heavy atom. The summed E-state index contributed by atoms with van der Waals surface area (Å²) in [6, 6.07) is 12.1. The van der Waals surface area contributed by atoms with Crippen LogP contribution in [0.1, 0.15) is 13.8 Å². The highest BCUT2D eigenvalue weighted by Crippen LogP contribution is 2.21. The Kier molecular flexibility index (Phi) is 4.81. The molecule has 25 heavy (non-hydrogen) atoms. The number of benzene rings is 1. The maximum Gasteiger partial charge on any atom is 0.230 e. The van der Waals surface area contributed by atoms with Crippen molar-refractivity contribution in [3.05, 3.63) is 30.3 Å². The van der Waals surface area contributed by atoms with Crippen molar-refractivity contribution in [2.75, 3.05) is 43.4 Å². The number of nitriles is 1. The Bertz CT molecular complexity index is 759. The molecule has 0 bridgehead atoms. The average Bonchev–Trinajstić information content (AvgIpc) is 2.62. The molecule has 0 aliphatic carbocycles. The van der Waals surface area contributed by atoms with E-state index in [1.165, 1.54) is 0 Å². The van der Waals surface area contributed by atoms with Crippen LogP contribution >= 0.6 is 0 Å². The normalized spacial score (nSPS) is 15.7. The Morgan fingerprint density at radius 1 is 1.04 bits per heavy atom. The summed E-state index contributed by atoms with van der Waals surface area (Å²) in [5.74, 6) is 1.69. The number of nitrogens with zero attached hydrogens (tertiary/aromatic N) is 6. The summed E-state index contributed by atoms with van der Waals surface area (Å²) in [6.45, 7) is 7.28. The molecule has 1 aromatic carbocycles. The fourth-order valence-electron chi connectivity index (χ4n) is 2.59. The second kappa shape index (κ2) is 7.03. The van der Waals surface area contributed by atoms with Crippen LogP contribution in [0.4, 0.5) is 11.9 Å². The molecule has 0 spiro atoms. The summed E-state index contributed by atoms with van der Waals surface area (Å²) in [6.07, 6.45) is 0. The molecule has 2 aromatic rings. The first kappa shape index (κ1) is 17.1. The molecule has 2 heterocycles. The molecule has 1 fully saturated rings. The summed E-state index contributed by atoms with van der Waals surface area (Å²) in [5.41, 5.74) is 0.174. The van der Waals surface area contributed by atoms with Crippen LogP contribution < -0.4 is 10.2 Å². The second-order valence-corrected chi connectivity index (χ2v) is 6.80. The van der Waals surface area contributed by atoms with Gasteiger partial charge in [0.15, 0.2) is 5.82 Å². The SMILES string of the molecule is CN1CCN(c2nc(NC(C)(C)C#N)nc(-c3ccccc3)n2)CC1. The molecule has 1 aliphatic rings. The van der Waals surface area contributed by atoms with E-state index in [4.69, 9.17) is 0 Å². The zero-order chi connectivity index (χ0) is 17.9. The molecule has 0 unspecified atom stereocenters. The highest BCUT2D eigenvalue weighted by Gasteiger charge is 2.22. The van der Waals surface area contributed by atoms with Gasteiger partial charge < -0.3 is 15.1 Å². The summed E-state index contributed by atoms with van der Waals surface area (Å²) in [7, 11) is 2.11. The Hall–Kier alpha value is -2.72. The summed E-state index contributed by atoms with van der Waals surface area (Å²) in [4.78, 5) is 18.2. The Morgan fingerprint density at radius 2 is 1.72 bits per heavy atom. The molecule has 7 nitrogen and oxygen atoms in total. The Balaban J connectivity index is 1.98. The molecule has 0 atom stereocenters. The number of rotatable bonds is 4. The molecule has 0 saturated carbocycles. The molecule has 1 saturated heterocycles. The minimum absolute atomic E-state index is 0.425. The van der Waals surface area contributed by atoms with Crippen molar-refractivity contribution < 1.29 is 0 Å². The minimum Gasteiger partial charge on any atom is -0.338 e. The number of hydrogen-bond acceptors (Lipinski definition) is 7. The number of nitrogens with one attached hydrogen (secondary N) is 1. The van der Waals surface area contributed by atoms with Gasteiger partial charge in [0.25, 0.3) is 0 Å². The summed E-state index contributed by atoms with van der Waals surface area (Å²) < 4.78 is 0. The number of hydrogen-bond donors (Lipinski definition) is 1. The smallest absolute Gasteiger partial charge is 0.230 e. The van der Waals surface area contributed by atoms with Crippen LogP contribution in [0.15, 0.2) is 30.3 Å². The molecule has 7 heteroatoms. The van der Waals surface area contributed by atoms with E-state index in [-0.39, 0.29) is 0 Å². The van der Waals surface area contributed by atoms with Gasteiger partial charge >= 0.3 is 0 Å². The predicted octanol–water partition coefficient (Wildman–Crippen LogP) is 2.00. The van der Waals surface area contributed by atoms with Gasteiger partial charge in [0, 0.05) is 31.7 Å². The molecular weight excluding hydrogens is 314 g/mol. The van der Waals surface area contributed by atoms with Crippen molar-refractivity contribution in [2.24, 2.45) is 0 Å². The van der Waals surface area contributed by atoms with E-state index in [1.807, 2.05) is 30.3 Å². The highest BCUT2D eigenvalue weighted by molar-refractivity contribution is 5.58. The molecule has 3 rings (SSSR count). The zero-order valence-corrected chi connectivity index (χ0v) is 14.9. The van der Waals surface area contributed by atoms with Crippen LogP contribution in [0.5, 0.6) is 0 Å². The molecule has 1 N–H and O–H groups in total. The second-order valence-electron chi connectivity index (χ2n) is 6.80. The standard InChI is InChI=1S/C18H23N7/c1-18(2,13-19)23-16-20-15(14-7-5-4-6-8-14)21-17(22-16)25-11-9-24(3)10-12-25/h4-8H,9-12H2,1-3H3,(H,20,21,22,23). The van der Waals surface area contributed by atoms with Gasteiger partial charge in [0.2, 0.25) is 11.9 Å². The topological polar surface area (TPSA) is 81.0 Å². The number of piperazine rings is 1. The van der Waals surface area contributed by atoms with Gasteiger partial charge in [0.1, 0.15) is 5.54 Å². The molecule has 1 aromatic heterocycles. The lowest BCUT2D eigenvalue weighted by Crippen LogP contribution is -2.45. The monoisotopic (exact) mass is 337 g/mol. The minimum atomic E-state index is -0.755. The summed E-state index contributed by atoms with van der Waals surface area (Å²) >= 11 is 0. The summed E-state index contributed by atoms with van der Waals surface area (Å²) in [5, 5.41) is 12.4. The first-order valence-electron chi connectivity index (χ1n) is 8.41. The average molecular weight is 337 g/mol. The van der Waals surface area contributed by atoms with Gasteiger partial charge in [-0.2, -0.15) is 20.2 Å². The lowest BCUT2D eigenvalue weighted by molar-refractivity contribution is 0.311. The molecule has 130 valence electrons. The van der Waals surface area contributed by atoms with Gasteiger partial charge in [-0.05, 0) is 20.9 Å². The van der Waals surface area contributed by atoms with Gasteiger partial charge in [-0.1, -0.05) is 30.3 Å². The van der Waals surface area contributed by atoms with Gasteiger partial charge in [-0.15, -0.1) is 0 Å². The Labute approximate surface area is 148 Å². The third-order valence-electron chi connectivity index (χ3n) is 4.15. The van der Waals surface area contributed by atoms with E-state index in [2.05, 4.69) is 43.2 Å². The lowest BCUT2D eigenvalue weighted by Gasteiger charge is -2.32. The third kappa shape index (κ3) is 4.22. The van der Waals surface area contributed by atoms with Gasteiger partial charge in [0.05, 0.1) is 6.07 Å². The molecule has 0 radical (unpaired) electrons. The van der Waals surface area contributed by atoms with E-state index in [0.717, 1.165) is 31.7 Å². The number of likely N-dealkylation sites (N-methyl/N-ethyl adjacent to an activating group) is 1. The van der Waals surface area contributed by atoms with Crippen LogP contribution in [0.25, 0.3) is 11.4 Å². The predicted molar refractivity (Wildman–Crippen MR) is 98.3 cm³/mol. The fourth-order valence-corrected chi connectivity index (χ4v) is 2.59. The highest BCUT2D eigenvalue weighted by atomic mass is 15.3. The maximum atomic E-state index is 9.29. The largest absolute Gasteiger partial charge is 0.338 e. The van der Waals surface area contributed by atoms with Gasteiger partial charge in [-0.25, -0.2) is 0 Å². The first-order chi connectivity index (χ1) is 12.0. The van der Waals surface area contributed by atoms with E-state index < -0.39 is 5.54 Å². The zero-order valence-electron chi connectivity index (χ0n) is 14.9. The van der Waals surface area contributed by atoms with E-state index in [0.29, 0.717) is 17.7 Å².